The fraction of sp³-hybridized carbons (Fsp3) is 0.692. The van der Waals surface area contributed by atoms with Crippen molar-refractivity contribution >= 4 is 10.9 Å². The molecule has 0 spiro atoms. The first kappa shape index (κ1) is 15.1. The van der Waals surface area contributed by atoms with E-state index in [2.05, 4.69) is 19.4 Å². The van der Waals surface area contributed by atoms with Gasteiger partial charge in [0.25, 0.3) is 0 Å². The molecule has 0 aliphatic carbocycles. The van der Waals surface area contributed by atoms with E-state index in [-0.39, 0.29) is 10.9 Å². The summed E-state index contributed by atoms with van der Waals surface area (Å²) in [6.45, 7) is 2.18. The Morgan fingerprint density at radius 2 is 1.69 bits per heavy atom. The molecule has 0 saturated heterocycles. The zero-order chi connectivity index (χ0) is 12.4. The largest absolute Gasteiger partial charge is 0.192 e. The van der Waals surface area contributed by atoms with Gasteiger partial charge in [0.1, 0.15) is 23.5 Å². The quantitative estimate of drug-likeness (QED) is 0.388. The van der Waals surface area contributed by atoms with Gasteiger partial charge in [-0.15, -0.1) is 0 Å². The van der Waals surface area contributed by atoms with Crippen LogP contribution in [0.4, 0.5) is 0 Å². The normalized spacial score (nSPS) is 9.62. The first-order valence-electron chi connectivity index (χ1n) is 5.72. The van der Waals surface area contributed by atoms with Crippen molar-refractivity contribution in [1.29, 1.82) is 10.5 Å². The Morgan fingerprint density at radius 3 is 2.12 bits per heavy atom. The molecule has 2 nitrogen and oxygen atoms in total. The van der Waals surface area contributed by atoms with Crippen molar-refractivity contribution in [3.63, 3.8) is 0 Å². The predicted molar refractivity (Wildman–Crippen MR) is 71.1 cm³/mol. The smallest absolute Gasteiger partial charge is 0.133 e. The second-order valence-electron chi connectivity index (χ2n) is 4.14. The van der Waals surface area contributed by atoms with E-state index in [1.807, 2.05) is 12.1 Å². The third-order valence-electron chi connectivity index (χ3n) is 2.37. The number of nitriles is 2. The predicted octanol–water partition coefficient (Wildman–Crippen LogP) is 3.18. The lowest BCUT2D eigenvalue weighted by atomic mass is 10.0. The van der Waals surface area contributed by atoms with Crippen LogP contribution in [0.3, 0.4) is 0 Å². The lowest BCUT2D eigenvalue weighted by Gasteiger charge is -2.05. The van der Waals surface area contributed by atoms with Crippen LogP contribution in [0.5, 0.6) is 0 Å². The Kier molecular flexibility index (Phi) is 8.77. The van der Waals surface area contributed by atoms with Crippen molar-refractivity contribution in [3.05, 3.63) is 11.1 Å². The molecule has 0 saturated carbocycles. The van der Waals surface area contributed by atoms with E-state index in [4.69, 9.17) is 10.5 Å². The number of nitrogens with zero attached hydrogens (tertiary/aromatic N) is 2. The summed E-state index contributed by atoms with van der Waals surface area (Å²) in [7, 11) is 0.263. The lowest BCUT2D eigenvalue weighted by Crippen LogP contribution is -2.07. The van der Waals surface area contributed by atoms with E-state index in [1.54, 1.807) is 0 Å². The molecular weight excluding hydrogens is 216 g/mol. The number of allylic oxidation sites excluding steroid dienone is 1. The highest BCUT2D eigenvalue weighted by atomic mass is 32.2. The minimum Gasteiger partial charge on any atom is -0.192 e. The van der Waals surface area contributed by atoms with Gasteiger partial charge in [-0.25, -0.2) is 0 Å². The molecule has 0 aromatic rings. The maximum atomic E-state index is 8.88. The summed E-state index contributed by atoms with van der Waals surface area (Å²) >= 11 is 0. The van der Waals surface area contributed by atoms with Crippen LogP contribution in [0.15, 0.2) is 11.1 Å². The van der Waals surface area contributed by atoms with Crippen LogP contribution in [0.2, 0.25) is 0 Å². The van der Waals surface area contributed by atoms with E-state index in [0.29, 0.717) is 5.57 Å². The summed E-state index contributed by atoms with van der Waals surface area (Å²) in [4.78, 5) is 0. The highest BCUT2D eigenvalue weighted by Crippen LogP contribution is 2.16. The minimum atomic E-state index is 0.263. The molecule has 0 bridgehead atoms. The van der Waals surface area contributed by atoms with Gasteiger partial charge in [-0.05, 0) is 23.7 Å². The van der Waals surface area contributed by atoms with Crippen molar-refractivity contribution in [2.24, 2.45) is 0 Å². The highest BCUT2D eigenvalue weighted by molar-refractivity contribution is 7.95. The summed E-state index contributed by atoms with van der Waals surface area (Å²) in [5, 5.41) is 17.8. The van der Waals surface area contributed by atoms with Crippen molar-refractivity contribution in [1.82, 2.24) is 0 Å². The SMILES string of the molecule is CCCCCCC(C[S+](C)C)=C(C#N)C#N. The average molecular weight is 237 g/mol. The molecule has 0 radical (unpaired) electrons. The van der Waals surface area contributed by atoms with E-state index >= 15 is 0 Å². The molecule has 0 aliphatic rings. The maximum absolute atomic E-state index is 8.88. The molecule has 16 heavy (non-hydrogen) atoms. The van der Waals surface area contributed by atoms with Crippen LogP contribution in [0.1, 0.15) is 39.0 Å². The molecule has 0 aliphatic heterocycles. The van der Waals surface area contributed by atoms with Gasteiger partial charge < -0.3 is 0 Å². The summed E-state index contributed by atoms with van der Waals surface area (Å²) < 4.78 is 0. The Labute approximate surface area is 102 Å². The number of unbranched alkanes of at least 4 members (excludes halogenated alkanes) is 3. The van der Waals surface area contributed by atoms with Gasteiger partial charge in [0, 0.05) is 5.57 Å². The molecule has 0 N–H and O–H groups in total. The summed E-state index contributed by atoms with van der Waals surface area (Å²) in [6, 6.07) is 4.04. The van der Waals surface area contributed by atoms with Crippen LogP contribution >= 0.6 is 0 Å². The molecule has 0 aromatic carbocycles. The molecule has 0 unspecified atom stereocenters. The molecule has 0 heterocycles. The topological polar surface area (TPSA) is 47.6 Å². The monoisotopic (exact) mass is 237 g/mol. The minimum absolute atomic E-state index is 0.263. The summed E-state index contributed by atoms with van der Waals surface area (Å²) in [6.07, 6.45) is 9.98. The summed E-state index contributed by atoms with van der Waals surface area (Å²) in [5.41, 5.74) is 1.41. The van der Waals surface area contributed by atoms with Crippen LogP contribution < -0.4 is 0 Å². The highest BCUT2D eigenvalue weighted by Gasteiger charge is 2.13. The standard InChI is InChI=1S/C13H21N2S/c1-4-5-6-7-8-12(11-16(2)3)13(9-14)10-15/h4-8,11H2,1-3H3/q+1. The second-order valence-corrected chi connectivity index (χ2v) is 6.40. The number of hydrogen-bond acceptors (Lipinski definition) is 2. The molecule has 3 heteroatoms. The number of hydrogen-bond donors (Lipinski definition) is 0. The fourth-order valence-electron chi connectivity index (χ4n) is 1.57. The summed E-state index contributed by atoms with van der Waals surface area (Å²) in [5.74, 6) is 0.905. The van der Waals surface area contributed by atoms with E-state index in [9.17, 15) is 0 Å². The van der Waals surface area contributed by atoms with Crippen molar-refractivity contribution in [2.75, 3.05) is 18.3 Å². The van der Waals surface area contributed by atoms with Crippen molar-refractivity contribution < 1.29 is 0 Å². The first-order chi connectivity index (χ1) is 7.65. The molecular formula is C13H21N2S+. The lowest BCUT2D eigenvalue weighted by molar-refractivity contribution is 0.664. The van der Waals surface area contributed by atoms with Crippen LogP contribution in [-0.2, 0) is 10.9 Å². The van der Waals surface area contributed by atoms with Crippen LogP contribution in [0, 0.1) is 22.7 Å². The first-order valence-corrected chi connectivity index (χ1v) is 7.93. The molecule has 0 fully saturated rings. The molecule has 0 aromatic heterocycles. The Hall–Kier alpha value is -0.930. The van der Waals surface area contributed by atoms with Crippen LogP contribution in [-0.4, -0.2) is 18.3 Å². The van der Waals surface area contributed by atoms with Crippen LogP contribution in [0.25, 0.3) is 0 Å². The Morgan fingerprint density at radius 1 is 1.06 bits per heavy atom. The van der Waals surface area contributed by atoms with Crippen molar-refractivity contribution in [3.8, 4) is 12.1 Å². The number of rotatable bonds is 7. The van der Waals surface area contributed by atoms with Crippen molar-refractivity contribution in [2.45, 2.75) is 39.0 Å². The Bertz CT molecular complexity index is 289. The Balaban J connectivity index is 4.41. The molecule has 88 valence electrons. The van der Waals surface area contributed by atoms with Gasteiger partial charge in [-0.3, -0.25) is 0 Å². The average Bonchev–Trinajstić information content (AvgIpc) is 2.25. The van der Waals surface area contributed by atoms with Gasteiger partial charge >= 0.3 is 0 Å². The zero-order valence-corrected chi connectivity index (χ0v) is 11.4. The molecule has 0 atom stereocenters. The molecule has 0 rings (SSSR count). The van der Waals surface area contributed by atoms with Gasteiger partial charge in [-0.2, -0.15) is 10.5 Å². The third kappa shape index (κ3) is 6.53. The van der Waals surface area contributed by atoms with Gasteiger partial charge in [0.05, 0.1) is 12.5 Å². The third-order valence-corrected chi connectivity index (χ3v) is 3.30. The molecule has 0 amide bonds. The zero-order valence-electron chi connectivity index (χ0n) is 10.5. The van der Waals surface area contributed by atoms with Gasteiger partial charge in [0.15, 0.2) is 0 Å². The van der Waals surface area contributed by atoms with E-state index in [1.165, 1.54) is 19.3 Å². The van der Waals surface area contributed by atoms with Gasteiger partial charge in [0.2, 0.25) is 0 Å². The fourth-order valence-corrected chi connectivity index (χ4v) is 2.55. The van der Waals surface area contributed by atoms with Gasteiger partial charge in [-0.1, -0.05) is 26.2 Å². The maximum Gasteiger partial charge on any atom is 0.133 e. The van der Waals surface area contributed by atoms with E-state index in [0.717, 1.165) is 24.2 Å². The second kappa shape index (κ2) is 9.31. The van der Waals surface area contributed by atoms with E-state index < -0.39 is 0 Å².